The Morgan fingerprint density at radius 2 is 1.53 bits per heavy atom. The van der Waals surface area contributed by atoms with Crippen LogP contribution in [0.3, 0.4) is 0 Å². The van der Waals surface area contributed by atoms with Crippen molar-refractivity contribution < 1.29 is 32.2 Å². The molecule has 2 N–H and O–H groups in total. The molecule has 248 valence electrons. The Bertz CT molecular complexity index is 1810. The summed E-state index contributed by atoms with van der Waals surface area (Å²) in [6, 6.07) is 18.1. The van der Waals surface area contributed by atoms with Crippen LogP contribution in [0.4, 0.5) is 5.69 Å². The van der Waals surface area contributed by atoms with Crippen molar-refractivity contribution in [2.45, 2.75) is 35.9 Å². The van der Waals surface area contributed by atoms with Crippen LogP contribution < -0.4 is 24.8 Å². The summed E-state index contributed by atoms with van der Waals surface area (Å²) >= 11 is 1.16. The van der Waals surface area contributed by atoms with Gasteiger partial charge in [0, 0.05) is 30.4 Å². The molecule has 0 unspecified atom stereocenters. The van der Waals surface area contributed by atoms with Crippen molar-refractivity contribution in [3.05, 3.63) is 78.1 Å². The van der Waals surface area contributed by atoms with E-state index >= 15 is 0 Å². The van der Waals surface area contributed by atoms with Gasteiger partial charge in [0.15, 0.2) is 11.0 Å². The van der Waals surface area contributed by atoms with Crippen LogP contribution in [-0.2, 0) is 21.4 Å². The minimum Gasteiger partial charge on any atom is -0.497 e. The van der Waals surface area contributed by atoms with Crippen LogP contribution in [0.5, 0.6) is 17.2 Å². The van der Waals surface area contributed by atoms with Crippen molar-refractivity contribution >= 4 is 39.3 Å². The van der Waals surface area contributed by atoms with Crippen molar-refractivity contribution in [1.29, 1.82) is 0 Å². The number of hydrogen-bond donors (Lipinski definition) is 2. The second kappa shape index (κ2) is 15.3. The largest absolute Gasteiger partial charge is 0.497 e. The Hall–Kier alpha value is -4.60. The normalized spacial score (nSPS) is 13.5. The number of sulfonamides is 1. The van der Waals surface area contributed by atoms with E-state index in [9.17, 15) is 18.0 Å². The van der Waals surface area contributed by atoms with E-state index in [4.69, 9.17) is 14.2 Å². The number of carbonyl (C=O) groups is 2. The number of hydrogen-bond acceptors (Lipinski definition) is 10. The minimum absolute atomic E-state index is 0.0233. The van der Waals surface area contributed by atoms with E-state index in [0.29, 0.717) is 52.7 Å². The number of rotatable bonds is 13. The fraction of sp³-hybridized carbons (Fsp3) is 0.312. The van der Waals surface area contributed by atoms with E-state index in [2.05, 4.69) is 20.8 Å². The predicted molar refractivity (Wildman–Crippen MR) is 177 cm³/mol. The zero-order valence-electron chi connectivity index (χ0n) is 26.3. The Balaban J connectivity index is 1.33. The van der Waals surface area contributed by atoms with Crippen molar-refractivity contribution in [3.63, 3.8) is 0 Å². The molecule has 0 radical (unpaired) electrons. The fourth-order valence-corrected chi connectivity index (χ4v) is 7.30. The van der Waals surface area contributed by atoms with Crippen LogP contribution in [0, 0.1) is 0 Å². The smallest absolute Gasteiger partial charge is 0.251 e. The molecular weight excluding hydrogens is 645 g/mol. The molecule has 0 atom stereocenters. The van der Waals surface area contributed by atoms with Crippen LogP contribution in [0.2, 0.25) is 0 Å². The van der Waals surface area contributed by atoms with Gasteiger partial charge < -0.3 is 24.8 Å². The maximum absolute atomic E-state index is 13.1. The number of carbonyl (C=O) groups excluding carboxylic acids is 2. The van der Waals surface area contributed by atoms with Gasteiger partial charge >= 0.3 is 0 Å². The average molecular weight is 681 g/mol. The van der Waals surface area contributed by atoms with Crippen LogP contribution >= 0.6 is 11.8 Å². The van der Waals surface area contributed by atoms with Gasteiger partial charge in [0.2, 0.25) is 15.9 Å². The van der Waals surface area contributed by atoms with Gasteiger partial charge in [-0.2, -0.15) is 4.31 Å². The number of methoxy groups -OCH3 is 3. The Kier molecular flexibility index (Phi) is 11.0. The summed E-state index contributed by atoms with van der Waals surface area (Å²) in [5, 5.41) is 14.7. The summed E-state index contributed by atoms with van der Waals surface area (Å²) in [5.74, 6) is 1.43. The number of thioether (sulfide) groups is 1. The highest BCUT2D eigenvalue weighted by Gasteiger charge is 2.26. The molecule has 2 heterocycles. The lowest BCUT2D eigenvalue weighted by Gasteiger charge is -2.25. The zero-order valence-corrected chi connectivity index (χ0v) is 27.9. The third-order valence-corrected chi connectivity index (χ3v) is 10.4. The van der Waals surface area contributed by atoms with Gasteiger partial charge in [0.05, 0.1) is 44.2 Å². The number of ether oxygens (including phenoxy) is 3. The molecule has 13 nitrogen and oxygen atoms in total. The quantitative estimate of drug-likeness (QED) is 0.197. The van der Waals surface area contributed by atoms with E-state index in [1.807, 2.05) is 0 Å². The van der Waals surface area contributed by atoms with E-state index < -0.39 is 15.9 Å². The molecule has 1 aromatic heterocycles. The van der Waals surface area contributed by atoms with Gasteiger partial charge in [-0.1, -0.05) is 18.2 Å². The summed E-state index contributed by atoms with van der Waals surface area (Å²) in [6.45, 7) is 0.965. The molecule has 0 bridgehead atoms. The SMILES string of the molecule is COc1ccc(NC(=O)CSc2nnc(CNC(=O)c3ccc(S(=O)(=O)N4CCCCC4)cc3)n2-c2cc(OC)ccc2OC)cc1. The van der Waals surface area contributed by atoms with E-state index in [1.54, 1.807) is 61.3 Å². The van der Waals surface area contributed by atoms with Gasteiger partial charge in [-0.05, 0) is 73.5 Å². The Labute approximate surface area is 277 Å². The second-order valence-electron chi connectivity index (χ2n) is 10.5. The second-order valence-corrected chi connectivity index (χ2v) is 13.4. The summed E-state index contributed by atoms with van der Waals surface area (Å²) in [7, 11) is 1.03. The van der Waals surface area contributed by atoms with Crippen molar-refractivity contribution in [2.24, 2.45) is 0 Å². The van der Waals surface area contributed by atoms with E-state index in [1.165, 1.54) is 35.7 Å². The molecule has 47 heavy (non-hydrogen) atoms. The van der Waals surface area contributed by atoms with Crippen molar-refractivity contribution in [3.8, 4) is 22.9 Å². The summed E-state index contributed by atoms with van der Waals surface area (Å²) in [6.07, 6.45) is 2.69. The van der Waals surface area contributed by atoms with Crippen LogP contribution in [0.1, 0.15) is 35.4 Å². The molecular formula is C32H36N6O7S2. The first-order valence-corrected chi connectivity index (χ1v) is 17.3. The highest BCUT2D eigenvalue weighted by Crippen LogP contribution is 2.32. The fourth-order valence-electron chi connectivity index (χ4n) is 5.02. The van der Waals surface area contributed by atoms with Gasteiger partial charge in [-0.3, -0.25) is 14.2 Å². The van der Waals surface area contributed by atoms with Crippen LogP contribution in [-0.4, -0.2) is 79.5 Å². The number of anilines is 1. The maximum atomic E-state index is 13.1. The zero-order chi connectivity index (χ0) is 33.4. The predicted octanol–water partition coefficient (Wildman–Crippen LogP) is 4.13. The van der Waals surface area contributed by atoms with Gasteiger partial charge in [-0.25, -0.2) is 8.42 Å². The molecule has 3 aromatic carbocycles. The average Bonchev–Trinajstić information content (AvgIpc) is 3.52. The molecule has 2 amide bonds. The lowest BCUT2D eigenvalue weighted by Crippen LogP contribution is -2.35. The van der Waals surface area contributed by atoms with Crippen LogP contribution in [0.25, 0.3) is 5.69 Å². The Morgan fingerprint density at radius 1 is 0.851 bits per heavy atom. The molecule has 15 heteroatoms. The molecule has 0 saturated carbocycles. The topological polar surface area (TPSA) is 154 Å². The first-order valence-electron chi connectivity index (χ1n) is 14.9. The van der Waals surface area contributed by atoms with Gasteiger partial charge in [0.25, 0.3) is 5.91 Å². The number of benzene rings is 3. The van der Waals surface area contributed by atoms with E-state index in [0.717, 1.165) is 31.0 Å². The third kappa shape index (κ3) is 8.04. The summed E-state index contributed by atoms with van der Waals surface area (Å²) in [4.78, 5) is 26.1. The van der Waals surface area contributed by atoms with Gasteiger partial charge in [0.1, 0.15) is 17.2 Å². The van der Waals surface area contributed by atoms with E-state index in [-0.39, 0.29) is 28.7 Å². The lowest BCUT2D eigenvalue weighted by molar-refractivity contribution is -0.113. The first kappa shape index (κ1) is 33.8. The third-order valence-electron chi connectivity index (χ3n) is 7.51. The Morgan fingerprint density at radius 3 is 2.19 bits per heavy atom. The number of nitrogens with one attached hydrogen (secondary N) is 2. The van der Waals surface area contributed by atoms with Crippen LogP contribution in [0.15, 0.2) is 76.8 Å². The summed E-state index contributed by atoms with van der Waals surface area (Å²) in [5.41, 5.74) is 1.46. The molecule has 5 rings (SSSR count). The molecule has 0 aliphatic carbocycles. The maximum Gasteiger partial charge on any atom is 0.251 e. The summed E-state index contributed by atoms with van der Waals surface area (Å²) < 4.78 is 45.4. The number of piperidine rings is 1. The number of nitrogens with zero attached hydrogens (tertiary/aromatic N) is 4. The first-order chi connectivity index (χ1) is 22.7. The molecule has 1 saturated heterocycles. The molecule has 4 aromatic rings. The highest BCUT2D eigenvalue weighted by molar-refractivity contribution is 7.99. The molecule has 0 spiro atoms. The number of aromatic nitrogens is 3. The monoisotopic (exact) mass is 680 g/mol. The number of amides is 2. The van der Waals surface area contributed by atoms with Crippen molar-refractivity contribution in [2.75, 3.05) is 45.5 Å². The standard InChI is InChI=1S/C32H36N6O7S2/c1-43-24-11-9-23(10-12-24)34-30(39)21-46-32-36-35-29(38(32)27-19-25(44-2)13-16-28(27)45-3)20-33-31(40)22-7-14-26(15-8-22)47(41,42)37-17-5-4-6-18-37/h7-16,19H,4-6,17-18,20-21H2,1-3H3,(H,33,40)(H,34,39). The molecule has 1 aliphatic heterocycles. The molecule has 1 fully saturated rings. The molecule has 1 aliphatic rings. The minimum atomic E-state index is -3.62. The highest BCUT2D eigenvalue weighted by atomic mass is 32.2. The lowest BCUT2D eigenvalue weighted by atomic mass is 10.2. The van der Waals surface area contributed by atoms with Crippen molar-refractivity contribution in [1.82, 2.24) is 24.4 Å². The van der Waals surface area contributed by atoms with Gasteiger partial charge in [-0.15, -0.1) is 10.2 Å².